The number of carbonyl (C=O) groups excluding carboxylic acids is 3. The molecule has 2 bridgehead atoms. The van der Waals surface area contributed by atoms with Crippen molar-refractivity contribution in [1.82, 2.24) is 0 Å². The van der Waals surface area contributed by atoms with Gasteiger partial charge in [-0.3, -0.25) is 14.4 Å². The fraction of sp³-hybridized carbons (Fsp3) is 0.320. The van der Waals surface area contributed by atoms with Crippen LogP contribution in [0, 0.1) is 35.5 Å². The van der Waals surface area contributed by atoms with Gasteiger partial charge in [-0.15, -0.1) is 0 Å². The van der Waals surface area contributed by atoms with Gasteiger partial charge in [0.1, 0.15) is 5.75 Å². The number of Topliss-reactive ketones (excluding diaryl/α,β-unsaturated/α-hetero) is 1. The Bertz CT molecular complexity index is 1100. The minimum Gasteiger partial charge on any atom is -0.485 e. The zero-order valence-electron chi connectivity index (χ0n) is 16.6. The van der Waals surface area contributed by atoms with Crippen LogP contribution in [0.25, 0.3) is 0 Å². The Morgan fingerprint density at radius 2 is 1.61 bits per heavy atom. The molecule has 6 heteroatoms. The maximum absolute atomic E-state index is 13.3. The molecule has 5 aliphatic rings. The molecule has 4 aliphatic carbocycles. The van der Waals surface area contributed by atoms with Crippen LogP contribution < -0.4 is 9.64 Å². The van der Waals surface area contributed by atoms with Crippen molar-refractivity contribution in [3.8, 4) is 5.75 Å². The van der Waals surface area contributed by atoms with E-state index in [0.717, 1.165) is 6.42 Å². The molecular weight excluding hydrogens is 414 g/mol. The Balaban J connectivity index is 1.20. The number of carbonyl (C=O) groups is 3. The normalized spacial score (nSPS) is 32.1. The standard InChI is InChI=1S/C25H20ClNO4/c26-14-6-4-13(5-7-14)21(28)12-31-16-3-1-2-15(10-16)27-24(29)22-17-8-9-18(20-11-19(17)20)23(22)25(27)30/h1-10,17-20,22-23H,11-12H2/t17-,18-,19-,20-,22+,23+/m0/s1. The van der Waals surface area contributed by atoms with Crippen LogP contribution in [0.2, 0.25) is 5.02 Å². The Morgan fingerprint density at radius 1 is 0.968 bits per heavy atom. The van der Waals surface area contributed by atoms with Gasteiger partial charge in [0.15, 0.2) is 12.4 Å². The summed E-state index contributed by atoms with van der Waals surface area (Å²) in [5.74, 6) is 1.12. The molecule has 3 fully saturated rings. The van der Waals surface area contributed by atoms with Crippen molar-refractivity contribution in [2.75, 3.05) is 11.5 Å². The van der Waals surface area contributed by atoms with E-state index in [0.29, 0.717) is 33.9 Å². The molecule has 156 valence electrons. The van der Waals surface area contributed by atoms with Crippen LogP contribution >= 0.6 is 11.6 Å². The molecule has 2 amide bonds. The van der Waals surface area contributed by atoms with E-state index < -0.39 is 0 Å². The summed E-state index contributed by atoms with van der Waals surface area (Å²) in [6.07, 6.45) is 5.47. The lowest BCUT2D eigenvalue weighted by molar-refractivity contribution is -0.124. The van der Waals surface area contributed by atoms with Crippen molar-refractivity contribution in [1.29, 1.82) is 0 Å². The van der Waals surface area contributed by atoms with Crippen LogP contribution in [0.1, 0.15) is 16.8 Å². The van der Waals surface area contributed by atoms with Crippen molar-refractivity contribution >= 4 is 34.9 Å². The first-order valence-electron chi connectivity index (χ1n) is 10.6. The van der Waals surface area contributed by atoms with Gasteiger partial charge in [-0.25, -0.2) is 4.90 Å². The molecule has 0 aromatic heterocycles. The molecule has 31 heavy (non-hydrogen) atoms. The van der Waals surface area contributed by atoms with E-state index in [2.05, 4.69) is 12.2 Å². The topological polar surface area (TPSA) is 63.7 Å². The third kappa shape index (κ3) is 2.87. The lowest BCUT2D eigenvalue weighted by Gasteiger charge is -2.37. The molecule has 1 saturated heterocycles. The first-order chi connectivity index (χ1) is 15.0. The highest BCUT2D eigenvalue weighted by Gasteiger charge is 2.67. The van der Waals surface area contributed by atoms with Gasteiger partial charge in [-0.05, 0) is 66.5 Å². The summed E-state index contributed by atoms with van der Waals surface area (Å²) in [4.78, 5) is 40.2. The monoisotopic (exact) mass is 433 g/mol. The summed E-state index contributed by atoms with van der Waals surface area (Å²) in [5, 5.41) is 0.562. The van der Waals surface area contributed by atoms with Gasteiger partial charge < -0.3 is 4.74 Å². The lowest BCUT2D eigenvalue weighted by atomic mass is 9.63. The Hall–Kier alpha value is -2.92. The largest absolute Gasteiger partial charge is 0.485 e. The quantitative estimate of drug-likeness (QED) is 0.403. The number of ketones is 1. The predicted molar refractivity (Wildman–Crippen MR) is 115 cm³/mol. The number of nitrogens with zero attached hydrogens (tertiary/aromatic N) is 1. The molecule has 1 aliphatic heterocycles. The third-order valence-corrected chi connectivity index (χ3v) is 7.53. The summed E-state index contributed by atoms with van der Waals surface area (Å²) in [6.45, 7) is -0.143. The third-order valence-electron chi connectivity index (χ3n) is 7.27. The van der Waals surface area contributed by atoms with E-state index in [9.17, 15) is 14.4 Å². The van der Waals surface area contributed by atoms with Gasteiger partial charge in [0.2, 0.25) is 11.8 Å². The minimum absolute atomic E-state index is 0.103. The Labute approximate surface area is 184 Å². The molecule has 7 rings (SSSR count). The zero-order chi connectivity index (χ0) is 21.3. The van der Waals surface area contributed by atoms with Crippen molar-refractivity contribution in [3.05, 3.63) is 71.3 Å². The number of halogens is 1. The molecule has 0 N–H and O–H groups in total. The Morgan fingerprint density at radius 3 is 2.26 bits per heavy atom. The number of allylic oxidation sites excluding steroid dienone is 2. The van der Waals surface area contributed by atoms with Crippen molar-refractivity contribution in [3.63, 3.8) is 0 Å². The molecular formula is C25H20ClNO4. The summed E-state index contributed by atoms with van der Waals surface area (Å²) in [5.41, 5.74) is 1.02. The molecule has 5 nitrogen and oxygen atoms in total. The lowest BCUT2D eigenvalue weighted by Crippen LogP contribution is -2.40. The van der Waals surface area contributed by atoms with Crippen LogP contribution in [-0.2, 0) is 9.59 Å². The van der Waals surface area contributed by atoms with Crippen LogP contribution in [-0.4, -0.2) is 24.2 Å². The molecule has 0 spiro atoms. The smallest absolute Gasteiger partial charge is 0.238 e. The first-order valence-corrected chi connectivity index (χ1v) is 11.0. The predicted octanol–water partition coefficient (Wildman–Crippen LogP) is 4.16. The number of anilines is 1. The fourth-order valence-electron chi connectivity index (χ4n) is 5.79. The van der Waals surface area contributed by atoms with Crippen molar-refractivity contribution < 1.29 is 19.1 Å². The number of ether oxygens (including phenoxy) is 1. The highest BCUT2D eigenvalue weighted by atomic mass is 35.5. The van der Waals surface area contributed by atoms with Crippen LogP contribution in [0.5, 0.6) is 5.75 Å². The van der Waals surface area contributed by atoms with E-state index in [-0.39, 0.29) is 47.9 Å². The second kappa shape index (κ2) is 6.79. The van der Waals surface area contributed by atoms with E-state index in [1.807, 2.05) is 0 Å². The summed E-state index contributed by atoms with van der Waals surface area (Å²) in [7, 11) is 0. The Kier molecular flexibility index (Phi) is 4.12. The second-order valence-corrected chi connectivity index (χ2v) is 9.32. The van der Waals surface area contributed by atoms with E-state index >= 15 is 0 Å². The number of amides is 2. The van der Waals surface area contributed by atoms with Crippen molar-refractivity contribution in [2.45, 2.75) is 6.42 Å². The molecule has 2 aromatic carbocycles. The SMILES string of the molecule is O=C(COc1cccc(N2C(=O)[C@@H]3[C@H]4C=C[C@@H]([C@@H]5C[C@@H]45)[C@H]3C2=O)c1)c1ccc(Cl)cc1. The molecule has 0 radical (unpaired) electrons. The average molecular weight is 434 g/mol. The minimum atomic E-state index is -0.234. The van der Waals surface area contributed by atoms with Crippen LogP contribution in [0.4, 0.5) is 5.69 Å². The van der Waals surface area contributed by atoms with Gasteiger partial charge in [0.25, 0.3) is 0 Å². The first kappa shape index (κ1) is 18.8. The van der Waals surface area contributed by atoms with Crippen molar-refractivity contribution in [2.24, 2.45) is 35.5 Å². The van der Waals surface area contributed by atoms with Crippen LogP contribution in [0.15, 0.2) is 60.7 Å². The second-order valence-electron chi connectivity index (χ2n) is 8.88. The average Bonchev–Trinajstić information content (AvgIpc) is 3.56. The highest BCUT2D eigenvalue weighted by Crippen LogP contribution is 2.65. The van der Waals surface area contributed by atoms with Gasteiger partial charge in [0.05, 0.1) is 17.5 Å². The van der Waals surface area contributed by atoms with Gasteiger partial charge in [-0.2, -0.15) is 0 Å². The summed E-state index contributed by atoms with van der Waals surface area (Å²) >= 11 is 5.86. The molecule has 1 heterocycles. The number of hydrogen-bond donors (Lipinski definition) is 0. The fourth-order valence-corrected chi connectivity index (χ4v) is 5.92. The highest BCUT2D eigenvalue weighted by molar-refractivity contribution is 6.30. The van der Waals surface area contributed by atoms with Gasteiger partial charge in [0, 0.05) is 16.7 Å². The van der Waals surface area contributed by atoms with E-state index in [4.69, 9.17) is 16.3 Å². The number of imide groups is 1. The molecule has 2 saturated carbocycles. The maximum Gasteiger partial charge on any atom is 0.238 e. The molecule has 6 atom stereocenters. The van der Waals surface area contributed by atoms with Crippen LogP contribution in [0.3, 0.4) is 0 Å². The van der Waals surface area contributed by atoms with E-state index in [1.165, 1.54) is 4.90 Å². The van der Waals surface area contributed by atoms with Gasteiger partial charge >= 0.3 is 0 Å². The maximum atomic E-state index is 13.3. The molecule has 2 aromatic rings. The number of hydrogen-bond acceptors (Lipinski definition) is 4. The zero-order valence-corrected chi connectivity index (χ0v) is 17.4. The van der Waals surface area contributed by atoms with Gasteiger partial charge in [-0.1, -0.05) is 29.8 Å². The van der Waals surface area contributed by atoms with E-state index in [1.54, 1.807) is 48.5 Å². The summed E-state index contributed by atoms with van der Waals surface area (Å²) < 4.78 is 5.68. The number of rotatable bonds is 5. The number of benzene rings is 2. The molecule has 0 unspecified atom stereocenters. The summed E-state index contributed by atoms with van der Waals surface area (Å²) in [6, 6.07) is 13.5.